The van der Waals surface area contributed by atoms with Gasteiger partial charge in [-0.3, -0.25) is 9.88 Å². The van der Waals surface area contributed by atoms with E-state index in [1.54, 1.807) is 24.5 Å². The van der Waals surface area contributed by atoms with Crippen LogP contribution in [0.25, 0.3) is 0 Å². The maximum absolute atomic E-state index is 13.0. The Balaban J connectivity index is 1.66. The summed E-state index contributed by atoms with van der Waals surface area (Å²) in [6.45, 7) is 3.26. The highest BCUT2D eigenvalue weighted by atomic mass is 19.1. The van der Waals surface area contributed by atoms with Gasteiger partial charge in [-0.2, -0.15) is 5.26 Å². The van der Waals surface area contributed by atoms with Crippen molar-refractivity contribution in [2.45, 2.75) is 6.04 Å². The Morgan fingerprint density at radius 1 is 1.00 bits per heavy atom. The number of nitrogens with zero attached hydrogens (tertiary/aromatic N) is 4. The quantitative estimate of drug-likeness (QED) is 0.873. The molecular weight excluding hydrogens is 279 g/mol. The summed E-state index contributed by atoms with van der Waals surface area (Å²) < 4.78 is 13.0. The van der Waals surface area contributed by atoms with Gasteiger partial charge in [0, 0.05) is 44.3 Å². The Kier molecular flexibility index (Phi) is 4.31. The number of aromatic nitrogens is 1. The predicted octanol–water partition coefficient (Wildman–Crippen LogP) is 2.61. The number of nitriles is 1. The summed E-state index contributed by atoms with van der Waals surface area (Å²) in [5, 5.41) is 9.48. The van der Waals surface area contributed by atoms with Crippen LogP contribution in [0.1, 0.15) is 11.6 Å². The zero-order valence-electron chi connectivity index (χ0n) is 12.2. The topological polar surface area (TPSA) is 43.2 Å². The molecule has 3 rings (SSSR count). The van der Waals surface area contributed by atoms with Gasteiger partial charge in [0.05, 0.1) is 6.07 Å². The molecule has 1 saturated heterocycles. The van der Waals surface area contributed by atoms with Crippen LogP contribution in [0.2, 0.25) is 0 Å². The fourth-order valence-electron chi connectivity index (χ4n) is 2.80. The molecule has 1 fully saturated rings. The molecule has 0 saturated carbocycles. The second-order valence-corrected chi connectivity index (χ2v) is 5.31. The lowest BCUT2D eigenvalue weighted by Crippen LogP contribution is -2.47. The largest absolute Gasteiger partial charge is 0.369 e. The van der Waals surface area contributed by atoms with E-state index in [2.05, 4.69) is 20.9 Å². The number of piperazine rings is 1. The van der Waals surface area contributed by atoms with Gasteiger partial charge in [-0.15, -0.1) is 0 Å². The van der Waals surface area contributed by atoms with E-state index in [4.69, 9.17) is 0 Å². The van der Waals surface area contributed by atoms with Crippen molar-refractivity contribution < 1.29 is 4.39 Å². The van der Waals surface area contributed by atoms with Gasteiger partial charge in [-0.05, 0) is 42.0 Å². The van der Waals surface area contributed by atoms with Crippen LogP contribution in [-0.4, -0.2) is 36.1 Å². The molecule has 1 atom stereocenters. The van der Waals surface area contributed by atoms with Crippen LogP contribution in [0.3, 0.4) is 0 Å². The summed E-state index contributed by atoms with van der Waals surface area (Å²) >= 11 is 0. The second-order valence-electron chi connectivity index (χ2n) is 5.31. The lowest BCUT2D eigenvalue weighted by atomic mass is 10.1. The summed E-state index contributed by atoms with van der Waals surface area (Å²) in [5.41, 5.74) is 2.01. The molecule has 0 aliphatic carbocycles. The van der Waals surface area contributed by atoms with Crippen LogP contribution in [0.5, 0.6) is 0 Å². The van der Waals surface area contributed by atoms with Gasteiger partial charge in [-0.25, -0.2) is 4.39 Å². The van der Waals surface area contributed by atoms with Crippen LogP contribution in [0, 0.1) is 17.1 Å². The zero-order valence-corrected chi connectivity index (χ0v) is 12.2. The first kappa shape index (κ1) is 14.5. The van der Waals surface area contributed by atoms with Crippen molar-refractivity contribution in [1.29, 1.82) is 5.26 Å². The molecule has 2 heterocycles. The Hall–Kier alpha value is -2.45. The van der Waals surface area contributed by atoms with Crippen molar-refractivity contribution in [2.24, 2.45) is 0 Å². The van der Waals surface area contributed by atoms with Crippen molar-refractivity contribution in [3.8, 4) is 6.07 Å². The van der Waals surface area contributed by atoms with E-state index >= 15 is 0 Å². The summed E-state index contributed by atoms with van der Waals surface area (Å²) in [6.07, 6.45) is 3.43. The predicted molar refractivity (Wildman–Crippen MR) is 82.8 cm³/mol. The third-order valence-corrected chi connectivity index (χ3v) is 4.02. The van der Waals surface area contributed by atoms with E-state index in [9.17, 15) is 9.65 Å². The highest BCUT2D eigenvalue weighted by Crippen LogP contribution is 2.23. The molecule has 112 valence electrons. The number of anilines is 1. The number of benzene rings is 1. The molecule has 0 N–H and O–H groups in total. The van der Waals surface area contributed by atoms with Crippen molar-refractivity contribution in [3.63, 3.8) is 0 Å². The van der Waals surface area contributed by atoms with Gasteiger partial charge in [0.25, 0.3) is 0 Å². The van der Waals surface area contributed by atoms with Gasteiger partial charge >= 0.3 is 0 Å². The Bertz CT molecular complexity index is 643. The lowest BCUT2D eigenvalue weighted by molar-refractivity contribution is 0.222. The third kappa shape index (κ3) is 3.07. The number of halogens is 1. The lowest BCUT2D eigenvalue weighted by Gasteiger charge is -2.38. The van der Waals surface area contributed by atoms with Crippen molar-refractivity contribution >= 4 is 5.69 Å². The molecule has 0 amide bonds. The highest BCUT2D eigenvalue weighted by molar-refractivity contribution is 5.46. The molecule has 0 bridgehead atoms. The van der Waals surface area contributed by atoms with E-state index in [0.717, 1.165) is 37.4 Å². The normalized spacial score (nSPS) is 17.0. The molecule has 0 radical (unpaired) electrons. The third-order valence-electron chi connectivity index (χ3n) is 4.02. The van der Waals surface area contributed by atoms with E-state index < -0.39 is 0 Å². The first-order valence-corrected chi connectivity index (χ1v) is 7.32. The van der Waals surface area contributed by atoms with Gasteiger partial charge in [0.15, 0.2) is 0 Å². The van der Waals surface area contributed by atoms with Gasteiger partial charge < -0.3 is 4.90 Å². The SMILES string of the molecule is N#CC(c1ccncc1)N1CCN(c2ccc(F)cc2)CC1. The van der Waals surface area contributed by atoms with E-state index in [1.165, 1.54) is 12.1 Å². The van der Waals surface area contributed by atoms with Crippen LogP contribution >= 0.6 is 0 Å². The van der Waals surface area contributed by atoms with Gasteiger partial charge in [0.1, 0.15) is 11.9 Å². The molecule has 1 unspecified atom stereocenters. The van der Waals surface area contributed by atoms with Crippen molar-refractivity contribution in [2.75, 3.05) is 31.1 Å². The number of hydrogen-bond acceptors (Lipinski definition) is 4. The molecule has 1 aromatic carbocycles. The average molecular weight is 296 g/mol. The standard InChI is InChI=1S/C17H17FN4/c18-15-1-3-16(4-2-15)21-9-11-22(12-10-21)17(13-19)14-5-7-20-8-6-14/h1-8,17H,9-12H2. The molecule has 22 heavy (non-hydrogen) atoms. The summed E-state index contributed by atoms with van der Waals surface area (Å²) in [7, 11) is 0. The van der Waals surface area contributed by atoms with Crippen LogP contribution in [0.4, 0.5) is 10.1 Å². The zero-order chi connectivity index (χ0) is 15.4. The summed E-state index contributed by atoms with van der Waals surface area (Å²) in [5.74, 6) is -0.218. The molecule has 5 heteroatoms. The van der Waals surface area contributed by atoms with Crippen LogP contribution in [0.15, 0.2) is 48.8 Å². The number of hydrogen-bond donors (Lipinski definition) is 0. The Morgan fingerprint density at radius 3 is 2.23 bits per heavy atom. The minimum Gasteiger partial charge on any atom is -0.369 e. The van der Waals surface area contributed by atoms with Crippen molar-refractivity contribution in [3.05, 3.63) is 60.2 Å². The van der Waals surface area contributed by atoms with Gasteiger partial charge in [0.2, 0.25) is 0 Å². The number of rotatable bonds is 3. The first-order valence-electron chi connectivity index (χ1n) is 7.32. The molecule has 1 aliphatic heterocycles. The first-order chi connectivity index (χ1) is 10.8. The molecule has 1 aromatic heterocycles. The fourth-order valence-corrected chi connectivity index (χ4v) is 2.80. The maximum atomic E-state index is 13.0. The molecule has 0 spiro atoms. The maximum Gasteiger partial charge on any atom is 0.124 e. The van der Waals surface area contributed by atoms with Crippen molar-refractivity contribution in [1.82, 2.24) is 9.88 Å². The summed E-state index contributed by atoms with van der Waals surface area (Å²) in [4.78, 5) is 8.39. The minimum atomic E-state index is -0.238. The average Bonchev–Trinajstić information content (AvgIpc) is 2.58. The van der Waals surface area contributed by atoms with E-state index in [1.807, 2.05) is 12.1 Å². The van der Waals surface area contributed by atoms with Gasteiger partial charge in [-0.1, -0.05) is 0 Å². The minimum absolute atomic E-state index is 0.218. The summed E-state index contributed by atoms with van der Waals surface area (Å²) in [6, 6.07) is 12.5. The second kappa shape index (κ2) is 6.54. The smallest absolute Gasteiger partial charge is 0.124 e. The monoisotopic (exact) mass is 296 g/mol. The van der Waals surface area contributed by atoms with Crippen LogP contribution in [-0.2, 0) is 0 Å². The van der Waals surface area contributed by atoms with E-state index in [-0.39, 0.29) is 11.9 Å². The molecule has 4 nitrogen and oxygen atoms in total. The Morgan fingerprint density at radius 2 is 1.64 bits per heavy atom. The fraction of sp³-hybridized carbons (Fsp3) is 0.294. The molecule has 1 aliphatic rings. The Labute approximate surface area is 129 Å². The highest BCUT2D eigenvalue weighted by Gasteiger charge is 2.24. The molecular formula is C17H17FN4. The van der Waals surface area contributed by atoms with E-state index in [0.29, 0.717) is 0 Å². The van der Waals surface area contributed by atoms with Crippen LogP contribution < -0.4 is 4.90 Å². The molecule has 2 aromatic rings. The number of pyridine rings is 1.